The first-order valence-electron chi connectivity index (χ1n) is 3.75. The van der Waals surface area contributed by atoms with Crippen molar-refractivity contribution in [2.45, 2.75) is 32.6 Å². The molecule has 0 aromatic carbocycles. The van der Waals surface area contributed by atoms with Gasteiger partial charge in [-0.05, 0) is 6.42 Å². The Hall–Kier alpha value is 0.660. The molecule has 0 aliphatic carbocycles. The predicted octanol–water partition coefficient (Wildman–Crippen LogP) is 2.44. The predicted molar refractivity (Wildman–Crippen MR) is 49.0 cm³/mol. The quantitative estimate of drug-likeness (QED) is 0.375. The van der Waals surface area contributed by atoms with Crippen LogP contribution in [0, 0.1) is 0 Å². The summed E-state index contributed by atoms with van der Waals surface area (Å²) in [7, 11) is -2.16. The molecule has 0 aliphatic rings. The minimum atomic E-state index is -2.16. The van der Waals surface area contributed by atoms with E-state index in [9.17, 15) is 0 Å². The van der Waals surface area contributed by atoms with Crippen molar-refractivity contribution in [3.63, 3.8) is 0 Å². The number of hydrogen-bond donors (Lipinski definition) is 2. The maximum Gasteiger partial charge on any atom is 0.339 e. The normalized spacial score (nSPS) is 10.9. The van der Waals surface area contributed by atoms with Gasteiger partial charge in [-0.3, -0.25) is 0 Å². The van der Waals surface area contributed by atoms with Gasteiger partial charge in [-0.1, -0.05) is 26.2 Å². The van der Waals surface area contributed by atoms with E-state index in [1.807, 2.05) is 0 Å². The Morgan fingerprint density at radius 3 is 2.55 bits per heavy atom. The molecule has 0 amide bonds. The van der Waals surface area contributed by atoms with E-state index in [1.165, 1.54) is 19.3 Å². The third kappa shape index (κ3) is 10.7. The zero-order valence-corrected chi connectivity index (χ0v) is 8.40. The van der Waals surface area contributed by atoms with Crippen LogP contribution < -0.4 is 0 Å². The highest BCUT2D eigenvalue weighted by molar-refractivity contribution is 7.97. The van der Waals surface area contributed by atoms with Crippen LogP contribution in [0.1, 0.15) is 32.6 Å². The standard InChI is InChI=1S/C6H15O3PS/c1-2-3-4-5-6-11-9-10(7)8/h7-8H,2-6H2,1H3. The van der Waals surface area contributed by atoms with Gasteiger partial charge >= 0.3 is 8.60 Å². The second kappa shape index (κ2) is 8.75. The van der Waals surface area contributed by atoms with Gasteiger partial charge in [0.05, 0.1) is 0 Å². The lowest BCUT2D eigenvalue weighted by molar-refractivity contribution is 0.397. The van der Waals surface area contributed by atoms with Crippen molar-refractivity contribution < 1.29 is 13.8 Å². The van der Waals surface area contributed by atoms with Gasteiger partial charge in [-0.15, -0.1) is 0 Å². The molecule has 11 heavy (non-hydrogen) atoms. The van der Waals surface area contributed by atoms with Crippen LogP contribution in [-0.4, -0.2) is 15.5 Å². The maximum atomic E-state index is 8.33. The zero-order valence-electron chi connectivity index (χ0n) is 6.69. The minimum Gasteiger partial charge on any atom is -0.328 e. The van der Waals surface area contributed by atoms with Gasteiger partial charge in [0.1, 0.15) is 0 Å². The van der Waals surface area contributed by atoms with Gasteiger partial charge in [0.2, 0.25) is 0 Å². The Balaban J connectivity index is 2.80. The first kappa shape index (κ1) is 11.7. The molecule has 0 atom stereocenters. The Bertz CT molecular complexity index is 82.2. The van der Waals surface area contributed by atoms with Gasteiger partial charge in [0, 0.05) is 17.8 Å². The fourth-order valence-electron chi connectivity index (χ4n) is 0.672. The van der Waals surface area contributed by atoms with Crippen LogP contribution in [-0.2, 0) is 3.97 Å². The molecule has 0 rings (SSSR count). The molecule has 0 aromatic rings. The summed E-state index contributed by atoms with van der Waals surface area (Å²) in [4.78, 5) is 16.7. The van der Waals surface area contributed by atoms with E-state index in [4.69, 9.17) is 9.79 Å². The molecule has 5 heteroatoms. The SMILES string of the molecule is CCCCCCSOP(O)O. The average molecular weight is 198 g/mol. The number of hydrogen-bond acceptors (Lipinski definition) is 4. The summed E-state index contributed by atoms with van der Waals surface area (Å²) in [6, 6.07) is 0. The Morgan fingerprint density at radius 1 is 1.27 bits per heavy atom. The highest BCUT2D eigenvalue weighted by atomic mass is 32.2. The average Bonchev–Trinajstić information content (AvgIpc) is 1.96. The lowest BCUT2D eigenvalue weighted by Crippen LogP contribution is -1.81. The van der Waals surface area contributed by atoms with Gasteiger partial charge in [0.15, 0.2) is 0 Å². The molecule has 0 heterocycles. The summed E-state index contributed by atoms with van der Waals surface area (Å²) in [5.74, 6) is 0.847. The highest BCUT2D eigenvalue weighted by Gasteiger charge is 1.98. The monoisotopic (exact) mass is 198 g/mol. The first-order valence-corrected chi connectivity index (χ1v) is 5.82. The molecule has 0 saturated heterocycles. The van der Waals surface area contributed by atoms with Gasteiger partial charge in [0.25, 0.3) is 0 Å². The summed E-state index contributed by atoms with van der Waals surface area (Å²) in [5.41, 5.74) is 0. The van der Waals surface area contributed by atoms with Crippen LogP contribution in [0.4, 0.5) is 0 Å². The van der Waals surface area contributed by atoms with Crippen LogP contribution in [0.25, 0.3) is 0 Å². The summed E-state index contributed by atoms with van der Waals surface area (Å²) >= 11 is 1.14. The first-order chi connectivity index (χ1) is 5.27. The van der Waals surface area contributed by atoms with Crippen LogP contribution in [0.2, 0.25) is 0 Å². The fourth-order valence-corrected chi connectivity index (χ4v) is 1.67. The molecule has 0 bridgehead atoms. The minimum absolute atomic E-state index is 0.847. The van der Waals surface area contributed by atoms with Crippen LogP contribution in [0.3, 0.4) is 0 Å². The van der Waals surface area contributed by atoms with Crippen LogP contribution in [0.15, 0.2) is 0 Å². The van der Waals surface area contributed by atoms with Crippen molar-refractivity contribution >= 4 is 20.6 Å². The third-order valence-electron chi connectivity index (χ3n) is 1.20. The lowest BCUT2D eigenvalue weighted by Gasteiger charge is -2.01. The molecule has 68 valence electrons. The van der Waals surface area contributed by atoms with E-state index in [0.717, 1.165) is 24.2 Å². The van der Waals surface area contributed by atoms with Crippen molar-refractivity contribution in [1.82, 2.24) is 0 Å². The van der Waals surface area contributed by atoms with E-state index in [2.05, 4.69) is 10.9 Å². The Morgan fingerprint density at radius 2 is 2.00 bits per heavy atom. The molecule has 3 nitrogen and oxygen atoms in total. The zero-order chi connectivity index (χ0) is 8.53. The second-order valence-electron chi connectivity index (χ2n) is 2.21. The highest BCUT2D eigenvalue weighted by Crippen LogP contribution is 2.31. The molecule has 0 unspecified atom stereocenters. The van der Waals surface area contributed by atoms with Crippen LogP contribution >= 0.6 is 20.6 Å². The van der Waals surface area contributed by atoms with E-state index >= 15 is 0 Å². The Kier molecular flexibility index (Phi) is 9.28. The molecule has 0 fully saturated rings. The molecule has 0 saturated carbocycles. The fraction of sp³-hybridized carbons (Fsp3) is 1.00. The number of rotatable bonds is 7. The van der Waals surface area contributed by atoms with E-state index in [1.54, 1.807) is 0 Å². The Labute approximate surface area is 73.4 Å². The molecule has 2 N–H and O–H groups in total. The topological polar surface area (TPSA) is 49.7 Å². The van der Waals surface area contributed by atoms with E-state index < -0.39 is 8.60 Å². The molecule has 0 aromatic heterocycles. The lowest BCUT2D eigenvalue weighted by atomic mass is 10.2. The van der Waals surface area contributed by atoms with Crippen molar-refractivity contribution in [2.75, 3.05) is 5.75 Å². The summed E-state index contributed by atoms with van der Waals surface area (Å²) < 4.78 is 4.51. The van der Waals surface area contributed by atoms with Gasteiger partial charge in [-0.2, -0.15) is 0 Å². The molecular formula is C6H15O3PS. The van der Waals surface area contributed by atoms with Gasteiger partial charge in [-0.25, -0.2) is 3.97 Å². The van der Waals surface area contributed by atoms with Gasteiger partial charge < -0.3 is 9.79 Å². The van der Waals surface area contributed by atoms with Crippen molar-refractivity contribution in [1.29, 1.82) is 0 Å². The molecular weight excluding hydrogens is 183 g/mol. The maximum absolute atomic E-state index is 8.33. The summed E-state index contributed by atoms with van der Waals surface area (Å²) in [5, 5.41) is 0. The largest absolute Gasteiger partial charge is 0.339 e. The summed E-state index contributed by atoms with van der Waals surface area (Å²) in [6.45, 7) is 2.16. The van der Waals surface area contributed by atoms with Crippen molar-refractivity contribution in [2.24, 2.45) is 0 Å². The van der Waals surface area contributed by atoms with Crippen molar-refractivity contribution in [3.05, 3.63) is 0 Å². The summed E-state index contributed by atoms with van der Waals surface area (Å²) in [6.07, 6.45) is 4.75. The number of unbranched alkanes of at least 4 members (excludes halogenated alkanes) is 3. The van der Waals surface area contributed by atoms with Crippen LogP contribution in [0.5, 0.6) is 0 Å². The molecule has 0 spiro atoms. The van der Waals surface area contributed by atoms with Crippen molar-refractivity contribution in [3.8, 4) is 0 Å². The van der Waals surface area contributed by atoms with E-state index in [-0.39, 0.29) is 0 Å². The third-order valence-corrected chi connectivity index (χ3v) is 2.61. The second-order valence-corrected chi connectivity index (χ2v) is 3.96. The molecule has 0 radical (unpaired) electrons. The smallest absolute Gasteiger partial charge is 0.328 e. The van der Waals surface area contributed by atoms with E-state index in [0.29, 0.717) is 0 Å². The molecule has 0 aliphatic heterocycles.